The molecule has 0 unspecified atom stereocenters. The average Bonchev–Trinajstić information content (AvgIpc) is 2.55. The van der Waals surface area contributed by atoms with Crippen LogP contribution in [-0.2, 0) is 0 Å². The maximum absolute atomic E-state index is 5.85. The van der Waals surface area contributed by atoms with Gasteiger partial charge < -0.3 is 0 Å². The molecule has 0 aromatic carbocycles. The highest BCUT2D eigenvalue weighted by atomic mass is 35.5. The lowest BCUT2D eigenvalue weighted by atomic mass is 10.3. The largest absolute Gasteiger partial charge is 0.285 e. The molecule has 1 N–H and O–H groups in total. The van der Waals surface area contributed by atoms with E-state index >= 15 is 0 Å². The summed E-state index contributed by atoms with van der Waals surface area (Å²) in [6.07, 6.45) is 3.46. The summed E-state index contributed by atoms with van der Waals surface area (Å²) in [6.45, 7) is 0. The summed E-state index contributed by atoms with van der Waals surface area (Å²) >= 11 is 7.26. The Balaban J connectivity index is 2.53. The lowest BCUT2D eigenvalue weighted by Crippen LogP contribution is -1.71. The van der Waals surface area contributed by atoms with Gasteiger partial charge >= 0.3 is 0 Å². The zero-order valence-electron chi connectivity index (χ0n) is 5.41. The summed E-state index contributed by atoms with van der Waals surface area (Å²) in [5.74, 6) is 0. The van der Waals surface area contributed by atoms with Crippen molar-refractivity contribution in [2.24, 2.45) is 0 Å². The average molecular weight is 186 g/mol. The minimum Gasteiger partial charge on any atom is -0.285 e. The van der Waals surface area contributed by atoms with Gasteiger partial charge in [-0.2, -0.15) is 5.10 Å². The number of halogens is 1. The van der Waals surface area contributed by atoms with Crippen LogP contribution in [0.4, 0.5) is 0 Å². The van der Waals surface area contributed by atoms with Crippen LogP contribution in [0.2, 0.25) is 4.34 Å². The molecule has 0 spiro atoms. The van der Waals surface area contributed by atoms with E-state index < -0.39 is 0 Å². The van der Waals surface area contributed by atoms with Crippen molar-refractivity contribution in [3.8, 4) is 11.3 Å². The number of thiazole rings is 1. The molecule has 0 atom stereocenters. The van der Waals surface area contributed by atoms with Crippen LogP contribution in [0.3, 0.4) is 0 Å². The highest BCUT2D eigenvalue weighted by molar-refractivity contribution is 7.14. The molecule has 3 nitrogen and oxygen atoms in total. The van der Waals surface area contributed by atoms with E-state index in [4.69, 9.17) is 11.6 Å². The number of hydrogen-bond donors (Lipinski definition) is 1. The molecule has 0 saturated heterocycles. The molecular weight excluding hydrogens is 182 g/mol. The molecule has 2 heterocycles. The summed E-state index contributed by atoms with van der Waals surface area (Å²) in [6, 6.07) is 0. The van der Waals surface area contributed by atoms with Crippen LogP contribution in [0.25, 0.3) is 11.3 Å². The summed E-state index contributed by atoms with van der Waals surface area (Å²) in [7, 11) is 0. The topological polar surface area (TPSA) is 41.6 Å². The smallest absolute Gasteiger partial charge is 0.121 e. The van der Waals surface area contributed by atoms with E-state index in [1.54, 1.807) is 17.9 Å². The summed E-state index contributed by atoms with van der Waals surface area (Å²) in [5.41, 5.74) is 3.44. The van der Waals surface area contributed by atoms with Crippen molar-refractivity contribution in [1.29, 1.82) is 0 Å². The quantitative estimate of drug-likeness (QED) is 0.740. The van der Waals surface area contributed by atoms with Crippen molar-refractivity contribution in [2.75, 3.05) is 0 Å². The Morgan fingerprint density at radius 1 is 1.55 bits per heavy atom. The van der Waals surface area contributed by atoms with E-state index in [1.165, 1.54) is 11.3 Å². The molecule has 0 fully saturated rings. The van der Waals surface area contributed by atoms with Gasteiger partial charge in [-0.25, -0.2) is 4.98 Å². The number of aromatic amines is 1. The molecule has 0 aliphatic heterocycles. The molecule has 5 heteroatoms. The molecule has 11 heavy (non-hydrogen) atoms. The number of aromatic nitrogens is 3. The molecular formula is C6H4ClN3S. The highest BCUT2D eigenvalue weighted by Gasteiger charge is 2.05. The van der Waals surface area contributed by atoms with E-state index in [0.29, 0.717) is 4.34 Å². The SMILES string of the molecule is Clc1scnc1-c1cn[nH]c1. The second kappa shape index (κ2) is 2.64. The van der Waals surface area contributed by atoms with E-state index in [2.05, 4.69) is 15.2 Å². The minimum atomic E-state index is 0.700. The Kier molecular flexibility index (Phi) is 1.63. The lowest BCUT2D eigenvalue weighted by Gasteiger charge is -1.87. The van der Waals surface area contributed by atoms with Crippen LogP contribution < -0.4 is 0 Å². The van der Waals surface area contributed by atoms with Gasteiger partial charge in [-0.05, 0) is 0 Å². The molecule has 0 aliphatic carbocycles. The lowest BCUT2D eigenvalue weighted by molar-refractivity contribution is 1.09. The second-order valence-electron chi connectivity index (χ2n) is 1.96. The van der Waals surface area contributed by atoms with E-state index in [0.717, 1.165) is 11.3 Å². The standard InChI is InChI=1S/C6H4ClN3S/c7-6-5(8-3-11-6)4-1-9-10-2-4/h1-3H,(H,9,10). The zero-order valence-corrected chi connectivity index (χ0v) is 6.99. The van der Waals surface area contributed by atoms with Crippen LogP contribution in [0.5, 0.6) is 0 Å². The van der Waals surface area contributed by atoms with Crippen LogP contribution in [-0.4, -0.2) is 15.2 Å². The van der Waals surface area contributed by atoms with E-state index in [1.807, 2.05) is 0 Å². The van der Waals surface area contributed by atoms with Gasteiger partial charge in [0.15, 0.2) is 0 Å². The number of rotatable bonds is 1. The number of nitrogens with one attached hydrogen (secondary N) is 1. The molecule has 56 valence electrons. The first kappa shape index (κ1) is 6.82. The van der Waals surface area contributed by atoms with Crippen molar-refractivity contribution >= 4 is 22.9 Å². The summed E-state index contributed by atoms with van der Waals surface area (Å²) in [5, 5.41) is 6.50. The first-order valence-electron chi connectivity index (χ1n) is 2.96. The van der Waals surface area contributed by atoms with Gasteiger partial charge in [0, 0.05) is 11.8 Å². The predicted octanol–water partition coefficient (Wildman–Crippen LogP) is 2.19. The third kappa shape index (κ3) is 1.15. The maximum Gasteiger partial charge on any atom is 0.121 e. The molecule has 2 aromatic rings. The minimum absolute atomic E-state index is 0.700. The third-order valence-corrected chi connectivity index (χ3v) is 2.35. The fourth-order valence-corrected chi connectivity index (χ4v) is 1.61. The van der Waals surface area contributed by atoms with Crippen molar-refractivity contribution in [3.05, 3.63) is 22.2 Å². The van der Waals surface area contributed by atoms with Gasteiger partial charge in [-0.1, -0.05) is 11.6 Å². The highest BCUT2D eigenvalue weighted by Crippen LogP contribution is 2.28. The summed E-state index contributed by atoms with van der Waals surface area (Å²) in [4.78, 5) is 4.08. The monoisotopic (exact) mass is 185 g/mol. The Morgan fingerprint density at radius 2 is 2.45 bits per heavy atom. The van der Waals surface area contributed by atoms with Crippen LogP contribution in [0.1, 0.15) is 0 Å². The molecule has 0 radical (unpaired) electrons. The van der Waals surface area contributed by atoms with Gasteiger partial charge in [0.2, 0.25) is 0 Å². The number of H-pyrrole nitrogens is 1. The molecule has 0 amide bonds. The molecule has 2 aromatic heterocycles. The predicted molar refractivity (Wildman–Crippen MR) is 44.7 cm³/mol. The third-order valence-electron chi connectivity index (χ3n) is 1.30. The Morgan fingerprint density at radius 3 is 3.00 bits per heavy atom. The van der Waals surface area contributed by atoms with Crippen LogP contribution in [0, 0.1) is 0 Å². The van der Waals surface area contributed by atoms with Crippen molar-refractivity contribution in [1.82, 2.24) is 15.2 Å². The van der Waals surface area contributed by atoms with Crippen molar-refractivity contribution in [3.63, 3.8) is 0 Å². The fraction of sp³-hybridized carbons (Fsp3) is 0. The summed E-state index contributed by atoms with van der Waals surface area (Å²) < 4.78 is 0.700. The first-order valence-corrected chi connectivity index (χ1v) is 4.22. The van der Waals surface area contributed by atoms with Gasteiger partial charge in [0.25, 0.3) is 0 Å². The van der Waals surface area contributed by atoms with E-state index in [-0.39, 0.29) is 0 Å². The fourth-order valence-electron chi connectivity index (χ4n) is 0.800. The van der Waals surface area contributed by atoms with Gasteiger partial charge in [0.1, 0.15) is 10.0 Å². The first-order chi connectivity index (χ1) is 5.38. The Bertz CT molecular complexity index is 340. The molecule has 0 aliphatic rings. The Labute approximate surface area is 72.0 Å². The second-order valence-corrected chi connectivity index (χ2v) is 3.42. The number of hydrogen-bond acceptors (Lipinski definition) is 3. The Hall–Kier alpha value is -0.870. The molecule has 0 bridgehead atoms. The molecule has 2 rings (SSSR count). The van der Waals surface area contributed by atoms with Gasteiger partial charge in [-0.3, -0.25) is 5.10 Å². The van der Waals surface area contributed by atoms with Gasteiger partial charge in [0.05, 0.1) is 11.7 Å². The van der Waals surface area contributed by atoms with Gasteiger partial charge in [-0.15, -0.1) is 11.3 Å². The molecule has 0 saturated carbocycles. The van der Waals surface area contributed by atoms with Crippen molar-refractivity contribution in [2.45, 2.75) is 0 Å². The van der Waals surface area contributed by atoms with Crippen LogP contribution in [0.15, 0.2) is 17.9 Å². The van der Waals surface area contributed by atoms with E-state index in [9.17, 15) is 0 Å². The number of nitrogens with zero attached hydrogens (tertiary/aromatic N) is 2. The van der Waals surface area contributed by atoms with Crippen LogP contribution >= 0.6 is 22.9 Å². The maximum atomic E-state index is 5.85. The zero-order chi connectivity index (χ0) is 7.68. The normalized spacial score (nSPS) is 10.3. The van der Waals surface area contributed by atoms with Crippen molar-refractivity contribution < 1.29 is 0 Å².